The third-order valence-corrected chi connectivity index (χ3v) is 5.22. The van der Waals surface area contributed by atoms with Crippen LogP contribution in [0.25, 0.3) is 0 Å². The van der Waals surface area contributed by atoms with E-state index in [-0.39, 0.29) is 19.4 Å². The zero-order valence-electron chi connectivity index (χ0n) is 18.3. The van der Waals surface area contributed by atoms with E-state index in [2.05, 4.69) is 15.6 Å². The minimum absolute atomic E-state index is 0.0554. The SMILES string of the molecule is NC(=O)[C@@H](Cc1ccc(Cl)nc1)NC(=O)[C@@H](Cc1ccccc1)NC(=O)OCc1ccccc1. The lowest BCUT2D eigenvalue weighted by Crippen LogP contribution is -2.54. The molecule has 2 aromatic carbocycles. The summed E-state index contributed by atoms with van der Waals surface area (Å²) in [5, 5.41) is 5.54. The van der Waals surface area contributed by atoms with Crippen molar-refractivity contribution in [2.24, 2.45) is 5.73 Å². The highest BCUT2D eigenvalue weighted by Crippen LogP contribution is 2.09. The van der Waals surface area contributed by atoms with E-state index < -0.39 is 30.0 Å². The average molecular weight is 481 g/mol. The molecule has 1 heterocycles. The number of benzene rings is 2. The molecule has 0 aliphatic carbocycles. The highest BCUT2D eigenvalue weighted by atomic mass is 35.5. The lowest BCUT2D eigenvalue weighted by atomic mass is 10.0. The first kappa shape index (κ1) is 24.7. The van der Waals surface area contributed by atoms with Crippen LogP contribution in [0.4, 0.5) is 4.79 Å². The number of nitrogens with one attached hydrogen (secondary N) is 2. The summed E-state index contributed by atoms with van der Waals surface area (Å²) in [6, 6.07) is 19.6. The van der Waals surface area contributed by atoms with Crippen molar-refractivity contribution in [3.63, 3.8) is 0 Å². The van der Waals surface area contributed by atoms with Gasteiger partial charge in [-0.1, -0.05) is 78.3 Å². The van der Waals surface area contributed by atoms with Gasteiger partial charge in [-0.3, -0.25) is 9.59 Å². The quantitative estimate of drug-likeness (QED) is 0.385. The van der Waals surface area contributed by atoms with E-state index in [0.717, 1.165) is 11.1 Å². The van der Waals surface area contributed by atoms with Crippen LogP contribution in [-0.2, 0) is 33.8 Å². The van der Waals surface area contributed by atoms with Crippen LogP contribution in [0.15, 0.2) is 79.0 Å². The van der Waals surface area contributed by atoms with Gasteiger partial charge in [0, 0.05) is 19.0 Å². The minimum Gasteiger partial charge on any atom is -0.445 e. The number of aromatic nitrogens is 1. The van der Waals surface area contributed by atoms with E-state index >= 15 is 0 Å². The van der Waals surface area contributed by atoms with E-state index in [0.29, 0.717) is 10.7 Å². The number of pyridine rings is 1. The Morgan fingerprint density at radius 3 is 2.03 bits per heavy atom. The second-order valence-corrected chi connectivity index (χ2v) is 7.99. The highest BCUT2D eigenvalue weighted by Gasteiger charge is 2.26. The van der Waals surface area contributed by atoms with E-state index in [1.54, 1.807) is 12.1 Å². The first-order valence-electron chi connectivity index (χ1n) is 10.6. The van der Waals surface area contributed by atoms with Gasteiger partial charge in [-0.25, -0.2) is 9.78 Å². The smallest absolute Gasteiger partial charge is 0.408 e. The van der Waals surface area contributed by atoms with Crippen LogP contribution < -0.4 is 16.4 Å². The van der Waals surface area contributed by atoms with E-state index in [4.69, 9.17) is 22.1 Å². The fourth-order valence-corrected chi connectivity index (χ4v) is 3.34. The van der Waals surface area contributed by atoms with Crippen LogP contribution in [0, 0.1) is 0 Å². The molecule has 0 unspecified atom stereocenters. The molecule has 8 nitrogen and oxygen atoms in total. The van der Waals surface area contributed by atoms with Gasteiger partial charge >= 0.3 is 6.09 Å². The summed E-state index contributed by atoms with van der Waals surface area (Å²) in [4.78, 5) is 41.5. The number of amides is 3. The van der Waals surface area contributed by atoms with Crippen molar-refractivity contribution in [2.45, 2.75) is 31.5 Å². The molecule has 3 amide bonds. The van der Waals surface area contributed by atoms with Crippen LogP contribution in [0.2, 0.25) is 5.15 Å². The number of hydrogen-bond donors (Lipinski definition) is 3. The van der Waals surface area contributed by atoms with Gasteiger partial charge in [0.05, 0.1) is 0 Å². The Balaban J connectivity index is 1.68. The summed E-state index contributed by atoms with van der Waals surface area (Å²) in [6.07, 6.45) is 1.07. The molecule has 4 N–H and O–H groups in total. The molecular formula is C25H25ClN4O4. The topological polar surface area (TPSA) is 123 Å². The second-order valence-electron chi connectivity index (χ2n) is 7.61. The molecule has 0 aliphatic heterocycles. The van der Waals surface area contributed by atoms with Crippen molar-refractivity contribution < 1.29 is 19.1 Å². The normalized spacial score (nSPS) is 12.3. The third kappa shape index (κ3) is 7.90. The molecule has 2 atom stereocenters. The fourth-order valence-electron chi connectivity index (χ4n) is 3.22. The molecule has 0 saturated carbocycles. The van der Waals surface area contributed by atoms with Crippen molar-refractivity contribution in [1.29, 1.82) is 0 Å². The molecule has 0 bridgehead atoms. The lowest BCUT2D eigenvalue weighted by Gasteiger charge is -2.22. The maximum atomic E-state index is 13.1. The maximum Gasteiger partial charge on any atom is 0.408 e. The molecule has 3 aromatic rings. The second kappa shape index (κ2) is 12.4. The van der Waals surface area contributed by atoms with Gasteiger partial charge in [-0.05, 0) is 22.8 Å². The first-order valence-corrected chi connectivity index (χ1v) is 11.0. The number of hydrogen-bond acceptors (Lipinski definition) is 5. The van der Waals surface area contributed by atoms with E-state index in [1.165, 1.54) is 6.20 Å². The van der Waals surface area contributed by atoms with Crippen LogP contribution in [-0.4, -0.2) is 35.0 Å². The van der Waals surface area contributed by atoms with Crippen LogP contribution >= 0.6 is 11.6 Å². The van der Waals surface area contributed by atoms with Gasteiger partial charge < -0.3 is 21.1 Å². The first-order chi connectivity index (χ1) is 16.4. The molecule has 9 heteroatoms. The van der Waals surface area contributed by atoms with Gasteiger partial charge in [0.1, 0.15) is 23.8 Å². The number of rotatable bonds is 10. The summed E-state index contributed by atoms with van der Waals surface area (Å²) in [5.41, 5.74) is 7.82. The predicted molar refractivity (Wildman–Crippen MR) is 128 cm³/mol. The zero-order valence-corrected chi connectivity index (χ0v) is 19.1. The van der Waals surface area contributed by atoms with Crippen LogP contribution in [0.1, 0.15) is 16.7 Å². The van der Waals surface area contributed by atoms with E-state index in [1.807, 2.05) is 60.7 Å². The van der Waals surface area contributed by atoms with Crippen LogP contribution in [0.5, 0.6) is 0 Å². The molecule has 1 aromatic heterocycles. The van der Waals surface area contributed by atoms with Gasteiger partial charge in [0.15, 0.2) is 0 Å². The van der Waals surface area contributed by atoms with Gasteiger partial charge in [-0.15, -0.1) is 0 Å². The van der Waals surface area contributed by atoms with Crippen molar-refractivity contribution in [3.8, 4) is 0 Å². The molecule has 176 valence electrons. The Morgan fingerprint density at radius 1 is 0.824 bits per heavy atom. The standard InChI is InChI=1S/C25H25ClN4O4/c26-22-12-11-19(15-28-22)14-20(23(27)31)29-24(32)21(13-17-7-3-1-4-8-17)30-25(33)34-16-18-9-5-2-6-10-18/h1-12,15,20-21H,13-14,16H2,(H2,27,31)(H,29,32)(H,30,33)/t20-,21-/m1/s1. The van der Waals surface area contributed by atoms with Crippen molar-refractivity contribution in [3.05, 3.63) is 101 Å². The van der Waals surface area contributed by atoms with Gasteiger partial charge in [-0.2, -0.15) is 0 Å². The molecular weight excluding hydrogens is 456 g/mol. The third-order valence-electron chi connectivity index (χ3n) is 4.99. The molecule has 34 heavy (non-hydrogen) atoms. The Morgan fingerprint density at radius 2 is 1.44 bits per heavy atom. The summed E-state index contributed by atoms with van der Waals surface area (Å²) in [5.74, 6) is -1.28. The van der Waals surface area contributed by atoms with Crippen molar-refractivity contribution in [2.75, 3.05) is 0 Å². The highest BCUT2D eigenvalue weighted by molar-refractivity contribution is 6.29. The molecule has 0 saturated heterocycles. The molecule has 0 spiro atoms. The minimum atomic E-state index is -1.00. The Bertz CT molecular complexity index is 1090. The zero-order chi connectivity index (χ0) is 24.3. The Kier molecular flexibility index (Phi) is 8.99. The average Bonchev–Trinajstić information content (AvgIpc) is 2.84. The predicted octanol–water partition coefficient (Wildman–Crippen LogP) is 2.79. The summed E-state index contributed by atoms with van der Waals surface area (Å²) >= 11 is 5.80. The number of alkyl carbamates (subject to hydrolysis) is 1. The number of primary amides is 1. The maximum absolute atomic E-state index is 13.1. The number of carbonyl (C=O) groups is 3. The molecule has 3 rings (SSSR count). The number of carbonyl (C=O) groups excluding carboxylic acids is 3. The lowest BCUT2D eigenvalue weighted by molar-refractivity contribution is -0.128. The van der Waals surface area contributed by atoms with Gasteiger partial charge in [0.2, 0.25) is 11.8 Å². The fraction of sp³-hybridized carbons (Fsp3) is 0.200. The number of halogens is 1. The van der Waals surface area contributed by atoms with E-state index in [9.17, 15) is 14.4 Å². The largest absolute Gasteiger partial charge is 0.445 e. The summed E-state index contributed by atoms with van der Waals surface area (Å²) < 4.78 is 5.26. The molecule has 0 fully saturated rings. The van der Waals surface area contributed by atoms with Crippen molar-refractivity contribution in [1.82, 2.24) is 15.6 Å². The molecule has 0 aliphatic rings. The molecule has 0 radical (unpaired) electrons. The Hall–Kier alpha value is -3.91. The summed E-state index contributed by atoms with van der Waals surface area (Å²) in [7, 11) is 0. The van der Waals surface area contributed by atoms with Gasteiger partial charge in [0.25, 0.3) is 0 Å². The summed E-state index contributed by atoms with van der Waals surface area (Å²) in [6.45, 7) is 0.0554. The monoisotopic (exact) mass is 480 g/mol. The van der Waals surface area contributed by atoms with Crippen molar-refractivity contribution >= 4 is 29.5 Å². The number of nitrogens with zero attached hydrogens (tertiary/aromatic N) is 1. The van der Waals surface area contributed by atoms with Crippen LogP contribution in [0.3, 0.4) is 0 Å². The number of ether oxygens (including phenoxy) is 1. The number of nitrogens with two attached hydrogens (primary N) is 1. The Labute approximate surface area is 202 Å².